The molecule has 1 saturated carbocycles. The number of aliphatic hydroxyl groups is 1. The SMILES string of the molecule is CCCCCC=CC1CCC1(NC(=O)C1CC2(CC(=O)c3c(c(CO)nc4ccc(OC)nc34)O2)CN1C(=O)C(C)NC(=O)OC(C)(C)C)C(=O)OCC. The highest BCUT2D eigenvalue weighted by molar-refractivity contribution is 6.10. The first kappa shape index (κ1) is 40.4. The highest BCUT2D eigenvalue weighted by Gasteiger charge is 2.59. The molecule has 2 aromatic heterocycles. The predicted octanol–water partition coefficient (Wildman–Crippen LogP) is 4.31. The molecule has 15 heteroatoms. The monoisotopic (exact) mass is 751 g/mol. The summed E-state index contributed by atoms with van der Waals surface area (Å²) in [4.78, 5) is 79.4. The number of amides is 3. The number of hydrogen-bond donors (Lipinski definition) is 3. The Balaban J connectivity index is 1.50. The molecule has 294 valence electrons. The van der Waals surface area contributed by atoms with Crippen molar-refractivity contribution in [3.63, 3.8) is 0 Å². The molecule has 5 rings (SSSR count). The third-order valence-electron chi connectivity index (χ3n) is 10.2. The summed E-state index contributed by atoms with van der Waals surface area (Å²) in [5, 5.41) is 15.9. The van der Waals surface area contributed by atoms with Gasteiger partial charge in [0.25, 0.3) is 0 Å². The van der Waals surface area contributed by atoms with E-state index < -0.39 is 59.3 Å². The Morgan fingerprint density at radius 3 is 2.56 bits per heavy atom. The topological polar surface area (TPSA) is 196 Å². The maximum atomic E-state index is 14.5. The summed E-state index contributed by atoms with van der Waals surface area (Å²) in [6, 6.07) is 0.849. The number of nitrogens with one attached hydrogen (secondary N) is 2. The lowest BCUT2D eigenvalue weighted by Gasteiger charge is -2.47. The third-order valence-corrected chi connectivity index (χ3v) is 10.2. The van der Waals surface area contributed by atoms with Gasteiger partial charge in [0.15, 0.2) is 11.5 Å². The van der Waals surface area contributed by atoms with E-state index in [1.165, 1.54) is 18.9 Å². The number of carbonyl (C=O) groups is 5. The van der Waals surface area contributed by atoms with Crippen molar-refractivity contribution < 1.29 is 48.0 Å². The van der Waals surface area contributed by atoms with Gasteiger partial charge in [0.05, 0.1) is 44.4 Å². The summed E-state index contributed by atoms with van der Waals surface area (Å²) in [7, 11) is 1.44. The lowest BCUT2D eigenvalue weighted by atomic mass is 9.66. The van der Waals surface area contributed by atoms with Crippen LogP contribution < -0.4 is 20.1 Å². The number of aliphatic hydroxyl groups excluding tert-OH is 1. The third kappa shape index (κ3) is 8.30. The molecule has 1 spiro atoms. The Labute approximate surface area is 315 Å². The van der Waals surface area contributed by atoms with Crippen molar-refractivity contribution in [1.29, 1.82) is 0 Å². The van der Waals surface area contributed by atoms with Crippen LogP contribution in [0.5, 0.6) is 11.6 Å². The number of Topliss-reactive ketones (excluding diaryl/α,β-unsaturated/α-hetero) is 1. The number of nitrogens with zero attached hydrogens (tertiary/aromatic N) is 3. The van der Waals surface area contributed by atoms with Crippen molar-refractivity contribution in [2.45, 2.75) is 128 Å². The fourth-order valence-electron chi connectivity index (χ4n) is 7.44. The zero-order chi connectivity index (χ0) is 39.4. The molecule has 15 nitrogen and oxygen atoms in total. The Morgan fingerprint density at radius 2 is 1.93 bits per heavy atom. The first-order valence-electron chi connectivity index (χ1n) is 18.8. The van der Waals surface area contributed by atoms with Gasteiger partial charge in [-0.05, 0) is 66.4 Å². The van der Waals surface area contributed by atoms with E-state index in [4.69, 9.17) is 18.9 Å². The van der Waals surface area contributed by atoms with Crippen molar-refractivity contribution >= 4 is 40.7 Å². The van der Waals surface area contributed by atoms with E-state index in [1.54, 1.807) is 39.8 Å². The van der Waals surface area contributed by atoms with Gasteiger partial charge in [-0.3, -0.25) is 14.4 Å². The summed E-state index contributed by atoms with van der Waals surface area (Å²) in [5.74, 6) is -2.29. The van der Waals surface area contributed by atoms with Crippen LogP contribution in [0, 0.1) is 5.92 Å². The number of rotatable bonds is 13. The van der Waals surface area contributed by atoms with E-state index in [-0.39, 0.29) is 66.1 Å². The number of likely N-dealkylation sites (tertiary alicyclic amines) is 1. The molecule has 3 amide bonds. The number of hydrogen-bond acceptors (Lipinski definition) is 12. The molecule has 3 aliphatic rings. The molecule has 5 atom stereocenters. The highest BCUT2D eigenvalue weighted by Crippen LogP contribution is 2.46. The lowest BCUT2D eigenvalue weighted by Crippen LogP contribution is -2.67. The number of allylic oxidation sites excluding steroid dienone is 1. The number of ether oxygens (including phenoxy) is 4. The molecule has 0 aromatic carbocycles. The molecule has 2 aliphatic heterocycles. The minimum atomic E-state index is -1.43. The molecular formula is C39H53N5O10. The molecule has 3 N–H and O–H groups in total. The van der Waals surface area contributed by atoms with E-state index >= 15 is 0 Å². The number of fused-ring (bicyclic) bond motifs is 3. The Morgan fingerprint density at radius 1 is 1.17 bits per heavy atom. The quantitative estimate of drug-likeness (QED) is 0.149. The van der Waals surface area contributed by atoms with Gasteiger partial charge < -0.3 is 39.6 Å². The molecule has 2 fully saturated rings. The van der Waals surface area contributed by atoms with Gasteiger partial charge in [-0.1, -0.05) is 31.9 Å². The fourth-order valence-corrected chi connectivity index (χ4v) is 7.44. The zero-order valence-electron chi connectivity index (χ0n) is 32.3. The molecular weight excluding hydrogens is 698 g/mol. The Kier molecular flexibility index (Phi) is 12.2. The van der Waals surface area contributed by atoms with Gasteiger partial charge in [0.2, 0.25) is 17.7 Å². The van der Waals surface area contributed by atoms with Gasteiger partial charge in [-0.2, -0.15) is 0 Å². The second-order valence-electron chi connectivity index (χ2n) is 15.3. The predicted molar refractivity (Wildman–Crippen MR) is 197 cm³/mol. The number of carbonyl (C=O) groups excluding carboxylic acids is 5. The molecule has 4 heterocycles. The van der Waals surface area contributed by atoms with Gasteiger partial charge in [0.1, 0.15) is 40.0 Å². The summed E-state index contributed by atoms with van der Waals surface area (Å²) < 4.78 is 22.7. The standard InChI is InChI=1S/C39H53N5O10/c1-8-10-11-12-13-14-24-17-18-39(24,35(49)52-9-2)43-33(47)27-19-38(22-44(27)34(48)23(3)40-36(50)54-37(4,5)6)20-28(46)30-31-25(15-16-29(42-31)51-7)41-26(21-45)32(30)53-38/h13-16,23-24,27,45H,8-12,17-22H2,1-7H3,(H,40,50)(H,43,47). The number of unbranched alkanes of at least 4 members (excludes halogenated alkanes) is 3. The van der Waals surface area contributed by atoms with Crippen molar-refractivity contribution in [2.75, 3.05) is 20.3 Å². The van der Waals surface area contributed by atoms with Crippen molar-refractivity contribution in [3.8, 4) is 11.6 Å². The number of pyridine rings is 2. The lowest BCUT2D eigenvalue weighted by molar-refractivity contribution is -0.161. The summed E-state index contributed by atoms with van der Waals surface area (Å²) in [5.41, 5.74) is -2.83. The number of methoxy groups -OCH3 is 1. The highest BCUT2D eigenvalue weighted by atomic mass is 16.6. The van der Waals surface area contributed by atoms with Crippen molar-refractivity contribution in [1.82, 2.24) is 25.5 Å². The van der Waals surface area contributed by atoms with Crippen LogP contribution in [0.1, 0.15) is 109 Å². The largest absolute Gasteiger partial charge is 0.482 e. The van der Waals surface area contributed by atoms with E-state index in [1.807, 2.05) is 12.2 Å². The number of ketones is 1. The summed E-state index contributed by atoms with van der Waals surface area (Å²) in [6.45, 7) is 9.69. The molecule has 0 radical (unpaired) electrons. The van der Waals surface area contributed by atoms with Crippen LogP contribution in [-0.2, 0) is 30.5 Å². The molecule has 54 heavy (non-hydrogen) atoms. The second kappa shape index (κ2) is 16.3. The molecule has 0 bridgehead atoms. The van der Waals surface area contributed by atoms with Crippen molar-refractivity contribution in [3.05, 3.63) is 35.5 Å². The normalized spacial score (nSPS) is 24.1. The minimum Gasteiger partial charge on any atom is -0.482 e. The average Bonchev–Trinajstić information content (AvgIpc) is 3.47. The average molecular weight is 752 g/mol. The van der Waals surface area contributed by atoms with Crippen LogP contribution in [0.3, 0.4) is 0 Å². The Hall–Kier alpha value is -4.79. The summed E-state index contributed by atoms with van der Waals surface area (Å²) >= 11 is 0. The van der Waals surface area contributed by atoms with Gasteiger partial charge in [-0.15, -0.1) is 0 Å². The molecule has 1 aliphatic carbocycles. The molecule has 1 saturated heterocycles. The van der Waals surface area contributed by atoms with Crippen LogP contribution in [0.2, 0.25) is 0 Å². The maximum absolute atomic E-state index is 14.5. The fraction of sp³-hybridized carbons (Fsp3) is 0.615. The van der Waals surface area contributed by atoms with Crippen LogP contribution >= 0.6 is 0 Å². The first-order valence-corrected chi connectivity index (χ1v) is 18.8. The van der Waals surface area contributed by atoms with E-state index in [2.05, 4.69) is 27.5 Å². The van der Waals surface area contributed by atoms with E-state index in [0.717, 1.165) is 25.7 Å². The number of esters is 1. The number of alkyl carbamates (subject to hydrolysis) is 1. The summed E-state index contributed by atoms with van der Waals surface area (Å²) in [6.07, 6.45) is 7.76. The van der Waals surface area contributed by atoms with Crippen LogP contribution in [0.25, 0.3) is 11.0 Å². The van der Waals surface area contributed by atoms with Crippen LogP contribution in [-0.4, -0.2) is 98.7 Å². The van der Waals surface area contributed by atoms with E-state index in [9.17, 15) is 29.1 Å². The first-order chi connectivity index (χ1) is 25.6. The van der Waals surface area contributed by atoms with Gasteiger partial charge in [0, 0.05) is 18.4 Å². The second-order valence-corrected chi connectivity index (χ2v) is 15.3. The van der Waals surface area contributed by atoms with Gasteiger partial charge >= 0.3 is 12.1 Å². The van der Waals surface area contributed by atoms with E-state index in [0.29, 0.717) is 18.4 Å². The minimum absolute atomic E-state index is 0.00523. The van der Waals surface area contributed by atoms with Crippen molar-refractivity contribution in [2.24, 2.45) is 5.92 Å². The molecule has 2 aromatic rings. The maximum Gasteiger partial charge on any atom is 0.408 e. The van der Waals surface area contributed by atoms with Gasteiger partial charge in [-0.25, -0.2) is 19.6 Å². The zero-order valence-corrected chi connectivity index (χ0v) is 32.3. The Bertz CT molecular complexity index is 1810. The molecule has 5 unspecified atom stereocenters. The van der Waals surface area contributed by atoms with Crippen LogP contribution in [0.4, 0.5) is 4.79 Å². The van der Waals surface area contributed by atoms with Crippen LogP contribution in [0.15, 0.2) is 24.3 Å². The number of aromatic nitrogens is 2. The smallest absolute Gasteiger partial charge is 0.408 e.